The number of ether oxygens (including phenoxy) is 1. The van der Waals surface area contributed by atoms with Gasteiger partial charge in [0.05, 0.1) is 6.10 Å². The number of hydrogen-bond acceptors (Lipinski definition) is 5. The third-order valence-corrected chi connectivity index (χ3v) is 12.0. The Morgan fingerprint density at radius 2 is 1.68 bits per heavy atom. The molecular formula is C32H50O6. The Labute approximate surface area is 228 Å². The van der Waals surface area contributed by atoms with Crippen LogP contribution in [-0.2, 0) is 14.3 Å². The Kier molecular flexibility index (Phi) is 7.53. The zero-order chi connectivity index (χ0) is 28.4. The van der Waals surface area contributed by atoms with Crippen molar-refractivity contribution in [1.82, 2.24) is 0 Å². The first-order chi connectivity index (χ1) is 17.5. The normalized spacial score (nSPS) is 47.3. The second-order valence-electron chi connectivity index (χ2n) is 14.2. The van der Waals surface area contributed by atoms with E-state index in [1.54, 1.807) is 0 Å². The number of allylic oxidation sites excluding steroid dienone is 3. The van der Waals surface area contributed by atoms with Gasteiger partial charge in [-0.1, -0.05) is 44.9 Å². The van der Waals surface area contributed by atoms with E-state index in [9.17, 15) is 24.9 Å². The fourth-order valence-electron chi connectivity index (χ4n) is 10.2. The van der Waals surface area contributed by atoms with E-state index in [-0.39, 0.29) is 41.7 Å². The summed E-state index contributed by atoms with van der Waals surface area (Å²) in [5, 5.41) is 33.8. The summed E-state index contributed by atoms with van der Waals surface area (Å²) >= 11 is 0. The van der Waals surface area contributed by atoms with Crippen LogP contribution in [-0.4, -0.2) is 45.1 Å². The molecule has 4 aliphatic rings. The van der Waals surface area contributed by atoms with Crippen LogP contribution in [0.4, 0.5) is 0 Å². The zero-order valence-electron chi connectivity index (χ0n) is 24.8. The van der Waals surface area contributed by atoms with E-state index >= 15 is 0 Å². The highest BCUT2D eigenvalue weighted by molar-refractivity contribution is 5.79. The molecule has 3 N–H and O–H groups in total. The van der Waals surface area contributed by atoms with Gasteiger partial charge >= 0.3 is 11.9 Å². The molecule has 6 nitrogen and oxygen atoms in total. The molecule has 0 aromatic carbocycles. The first-order valence-corrected chi connectivity index (χ1v) is 14.7. The maximum atomic E-state index is 13.1. The van der Waals surface area contributed by atoms with Crippen molar-refractivity contribution < 1.29 is 29.6 Å². The Hall–Kier alpha value is -1.66. The zero-order valence-corrected chi connectivity index (χ0v) is 24.8. The lowest BCUT2D eigenvalue weighted by Crippen LogP contribution is -2.71. The van der Waals surface area contributed by atoms with Gasteiger partial charge in [0, 0.05) is 12.8 Å². The largest absolute Gasteiger partial charge is 0.479 e. The number of esters is 1. The van der Waals surface area contributed by atoms with E-state index in [1.807, 2.05) is 0 Å². The average Bonchev–Trinajstić information content (AvgIpc) is 3.07. The van der Waals surface area contributed by atoms with Crippen molar-refractivity contribution in [3.05, 3.63) is 22.8 Å². The average molecular weight is 531 g/mol. The number of carbonyl (C=O) groups excluding carboxylic acids is 1. The van der Waals surface area contributed by atoms with Crippen LogP contribution in [0.5, 0.6) is 0 Å². The molecule has 4 saturated carbocycles. The molecule has 38 heavy (non-hydrogen) atoms. The van der Waals surface area contributed by atoms with Crippen molar-refractivity contribution in [2.24, 2.45) is 39.9 Å². The number of aliphatic hydroxyl groups is 2. The second-order valence-corrected chi connectivity index (χ2v) is 14.2. The Bertz CT molecular complexity index is 1040. The van der Waals surface area contributed by atoms with E-state index in [4.69, 9.17) is 4.74 Å². The molecule has 4 rings (SSSR count). The minimum absolute atomic E-state index is 0.0621. The van der Waals surface area contributed by atoms with Gasteiger partial charge < -0.3 is 20.1 Å². The number of aliphatic carboxylic acids is 1. The van der Waals surface area contributed by atoms with E-state index in [0.29, 0.717) is 19.3 Å². The van der Waals surface area contributed by atoms with E-state index < -0.39 is 34.4 Å². The maximum absolute atomic E-state index is 13.1. The van der Waals surface area contributed by atoms with Gasteiger partial charge in [-0.25, -0.2) is 4.79 Å². The molecule has 0 aromatic heterocycles. The van der Waals surface area contributed by atoms with Gasteiger partial charge in [-0.15, -0.1) is 0 Å². The molecule has 0 aliphatic heterocycles. The Morgan fingerprint density at radius 1 is 1.03 bits per heavy atom. The summed E-state index contributed by atoms with van der Waals surface area (Å²) < 4.78 is 5.97. The van der Waals surface area contributed by atoms with Gasteiger partial charge in [0.2, 0.25) is 0 Å². The molecule has 4 fully saturated rings. The van der Waals surface area contributed by atoms with Crippen LogP contribution in [0.15, 0.2) is 22.8 Å². The summed E-state index contributed by atoms with van der Waals surface area (Å²) in [4.78, 5) is 25.4. The molecule has 0 spiro atoms. The SMILES string of the molecule is CC(=O)O[C@H]1C[C@@]2(C)[C@H](C[C@](O)(C(=O)O)[C@@H]3[C@@]4(C)CC[C@@H](O)[C@@H](C)C4CC[C@@]32C)C1=C(C)CCC=C(C)C. The molecular weight excluding hydrogens is 480 g/mol. The van der Waals surface area contributed by atoms with Crippen molar-refractivity contribution in [3.63, 3.8) is 0 Å². The van der Waals surface area contributed by atoms with Crippen molar-refractivity contribution >= 4 is 11.9 Å². The molecule has 0 amide bonds. The molecule has 214 valence electrons. The summed E-state index contributed by atoms with van der Waals surface area (Å²) in [6.45, 7) is 16.4. The van der Waals surface area contributed by atoms with Gasteiger partial charge in [-0.05, 0) is 112 Å². The maximum Gasteiger partial charge on any atom is 0.336 e. The number of carbonyl (C=O) groups is 2. The lowest BCUT2D eigenvalue weighted by atomic mass is 9.34. The smallest absolute Gasteiger partial charge is 0.336 e. The topological polar surface area (TPSA) is 104 Å². The monoisotopic (exact) mass is 530 g/mol. The highest BCUT2D eigenvalue weighted by Gasteiger charge is 2.75. The highest BCUT2D eigenvalue weighted by atomic mass is 16.5. The van der Waals surface area contributed by atoms with Gasteiger partial charge in [0.25, 0.3) is 0 Å². The van der Waals surface area contributed by atoms with Gasteiger partial charge in [0.1, 0.15) is 6.10 Å². The molecule has 4 aliphatic carbocycles. The fourth-order valence-corrected chi connectivity index (χ4v) is 10.2. The number of hydrogen-bond donors (Lipinski definition) is 3. The fraction of sp³-hybridized carbons (Fsp3) is 0.812. The summed E-state index contributed by atoms with van der Waals surface area (Å²) in [7, 11) is 0. The number of carboxylic acid groups (broad SMARTS) is 1. The van der Waals surface area contributed by atoms with Crippen molar-refractivity contribution in [1.29, 1.82) is 0 Å². The van der Waals surface area contributed by atoms with Gasteiger partial charge in [-0.3, -0.25) is 4.79 Å². The van der Waals surface area contributed by atoms with Crippen molar-refractivity contribution in [2.45, 2.75) is 125 Å². The molecule has 6 heteroatoms. The minimum Gasteiger partial charge on any atom is -0.479 e. The van der Waals surface area contributed by atoms with Crippen LogP contribution < -0.4 is 0 Å². The third-order valence-electron chi connectivity index (χ3n) is 12.0. The predicted octanol–water partition coefficient (Wildman–Crippen LogP) is 6.06. The standard InChI is InChI=1S/C32H50O6/c1-18(2)10-9-11-19(3)26-23-16-32(37,28(35)36)27-29(6)14-13-24(34)20(4)22(29)12-15-30(27,7)31(23,8)17-25(26)38-21(5)33/h10,20,22-25,27,34,37H,9,11-17H2,1-8H3,(H,35,36)/t20-,22?,23+,24+,25-,27+,29-,30-,31-,32+/m0/s1. The van der Waals surface area contributed by atoms with E-state index in [2.05, 4.69) is 54.5 Å². The van der Waals surface area contributed by atoms with Gasteiger partial charge in [0.15, 0.2) is 5.60 Å². The van der Waals surface area contributed by atoms with Crippen LogP contribution in [0.2, 0.25) is 0 Å². The van der Waals surface area contributed by atoms with Crippen LogP contribution in [0, 0.1) is 39.9 Å². The summed E-state index contributed by atoms with van der Waals surface area (Å²) in [6, 6.07) is 0. The van der Waals surface area contributed by atoms with E-state index in [1.165, 1.54) is 12.5 Å². The van der Waals surface area contributed by atoms with Crippen LogP contribution in [0.25, 0.3) is 0 Å². The third kappa shape index (κ3) is 4.20. The number of carboxylic acids is 1. The minimum atomic E-state index is -1.90. The quantitative estimate of drug-likeness (QED) is 0.295. The summed E-state index contributed by atoms with van der Waals surface area (Å²) in [5.41, 5.74) is 0.312. The second kappa shape index (κ2) is 9.76. The van der Waals surface area contributed by atoms with E-state index in [0.717, 1.165) is 36.8 Å². The first kappa shape index (κ1) is 29.3. The highest BCUT2D eigenvalue weighted by Crippen LogP contribution is 2.76. The Balaban J connectivity index is 1.88. The van der Waals surface area contributed by atoms with Crippen LogP contribution in [0.3, 0.4) is 0 Å². The number of aliphatic hydroxyl groups excluding tert-OH is 1. The summed E-state index contributed by atoms with van der Waals surface area (Å²) in [5.74, 6) is -1.90. The van der Waals surface area contributed by atoms with Crippen LogP contribution >= 0.6 is 0 Å². The first-order valence-electron chi connectivity index (χ1n) is 14.7. The Morgan fingerprint density at radius 3 is 2.26 bits per heavy atom. The number of rotatable bonds is 5. The molecule has 0 saturated heterocycles. The molecule has 0 aromatic rings. The lowest BCUT2D eigenvalue weighted by molar-refractivity contribution is -0.270. The molecule has 10 atom stereocenters. The molecule has 0 bridgehead atoms. The van der Waals surface area contributed by atoms with Crippen LogP contribution in [0.1, 0.15) is 107 Å². The lowest BCUT2D eigenvalue weighted by Gasteiger charge is -2.70. The molecule has 0 radical (unpaired) electrons. The number of fused-ring (bicyclic) bond motifs is 5. The predicted molar refractivity (Wildman–Crippen MR) is 147 cm³/mol. The molecule has 1 unspecified atom stereocenters. The van der Waals surface area contributed by atoms with Crippen molar-refractivity contribution in [2.75, 3.05) is 0 Å². The van der Waals surface area contributed by atoms with Crippen molar-refractivity contribution in [3.8, 4) is 0 Å². The summed E-state index contributed by atoms with van der Waals surface area (Å²) in [6.07, 6.45) is 6.89. The van der Waals surface area contributed by atoms with Gasteiger partial charge in [-0.2, -0.15) is 0 Å². The molecule has 0 heterocycles.